The summed E-state index contributed by atoms with van der Waals surface area (Å²) in [5, 5.41) is 17.4. The largest absolute Gasteiger partial charge is 0.333 e. The molecular weight excluding hydrogens is 227 g/mol. The molecule has 1 N–H and O–H groups in total. The number of hydrogen-bond donors (Lipinski definition) is 1. The highest BCUT2D eigenvalue weighted by molar-refractivity contribution is 5.67. The van der Waals surface area contributed by atoms with Crippen LogP contribution in [0.25, 0.3) is 0 Å². The van der Waals surface area contributed by atoms with Gasteiger partial charge in [0, 0.05) is 19.3 Å². The molecule has 1 heterocycles. The van der Waals surface area contributed by atoms with Crippen molar-refractivity contribution in [2.24, 2.45) is 7.05 Å². The van der Waals surface area contributed by atoms with Gasteiger partial charge < -0.3 is 5.32 Å². The molecule has 0 unspecified atom stereocenters. The van der Waals surface area contributed by atoms with Gasteiger partial charge in [-0.25, -0.2) is 0 Å². The van der Waals surface area contributed by atoms with Crippen molar-refractivity contribution in [1.29, 1.82) is 0 Å². The highest BCUT2D eigenvalue weighted by atomic mass is 19.1. The van der Waals surface area contributed by atoms with E-state index in [4.69, 9.17) is 0 Å². The van der Waals surface area contributed by atoms with Gasteiger partial charge in [-0.1, -0.05) is 6.07 Å². The lowest BCUT2D eigenvalue weighted by Gasteiger charge is -2.04. The van der Waals surface area contributed by atoms with Gasteiger partial charge in [-0.2, -0.15) is 9.49 Å². The molecule has 0 saturated carbocycles. The molecule has 7 heteroatoms. The molecule has 2 aromatic rings. The molecule has 0 aliphatic carbocycles. The van der Waals surface area contributed by atoms with Crippen LogP contribution in [0.4, 0.5) is 21.6 Å². The fraction of sp³-hybridized carbons (Fsp3) is 0.100. The number of benzene rings is 1. The standard InChI is InChI=1S/C10H9FN4O2/c1-14-6-5-9(13-14)12-8-4-2-3-7(11)10(8)15(16)17/h2-6H,1H3,(H,12,13). The smallest absolute Gasteiger partial charge is 0.328 e. The number of nitro groups is 1. The van der Waals surface area contributed by atoms with E-state index in [0.29, 0.717) is 5.82 Å². The van der Waals surface area contributed by atoms with E-state index in [9.17, 15) is 14.5 Å². The lowest BCUT2D eigenvalue weighted by atomic mass is 10.2. The molecule has 88 valence electrons. The summed E-state index contributed by atoms with van der Waals surface area (Å²) in [7, 11) is 1.71. The molecule has 1 aromatic heterocycles. The number of anilines is 2. The van der Waals surface area contributed by atoms with Crippen LogP contribution in [0.1, 0.15) is 0 Å². The van der Waals surface area contributed by atoms with E-state index >= 15 is 0 Å². The molecule has 0 spiro atoms. The number of rotatable bonds is 3. The molecule has 0 aliphatic heterocycles. The summed E-state index contributed by atoms with van der Waals surface area (Å²) in [4.78, 5) is 9.97. The molecule has 0 atom stereocenters. The lowest BCUT2D eigenvalue weighted by molar-refractivity contribution is -0.386. The van der Waals surface area contributed by atoms with Gasteiger partial charge in [0.05, 0.1) is 4.92 Å². The minimum Gasteiger partial charge on any atom is -0.333 e. The summed E-state index contributed by atoms with van der Waals surface area (Å²) in [5.74, 6) is -0.461. The predicted octanol–water partition coefficient (Wildman–Crippen LogP) is 2.21. The van der Waals surface area contributed by atoms with Crippen molar-refractivity contribution >= 4 is 17.2 Å². The molecule has 0 aliphatic rings. The second kappa shape index (κ2) is 4.20. The number of aryl methyl sites for hydroxylation is 1. The Kier molecular flexibility index (Phi) is 2.73. The molecule has 0 fully saturated rings. The minimum absolute atomic E-state index is 0.0775. The summed E-state index contributed by atoms with van der Waals surface area (Å²) in [6.45, 7) is 0. The third kappa shape index (κ3) is 2.22. The zero-order valence-electron chi connectivity index (χ0n) is 8.92. The van der Waals surface area contributed by atoms with Gasteiger partial charge in [-0.3, -0.25) is 14.8 Å². The maximum absolute atomic E-state index is 13.3. The van der Waals surface area contributed by atoms with Crippen molar-refractivity contribution in [3.63, 3.8) is 0 Å². The average Bonchev–Trinajstić information content (AvgIpc) is 2.63. The lowest BCUT2D eigenvalue weighted by Crippen LogP contribution is -2.00. The summed E-state index contributed by atoms with van der Waals surface area (Å²) < 4.78 is 14.8. The summed E-state index contributed by atoms with van der Waals surface area (Å²) in [6, 6.07) is 5.50. The summed E-state index contributed by atoms with van der Waals surface area (Å²) in [6.07, 6.45) is 1.67. The van der Waals surface area contributed by atoms with Gasteiger partial charge in [0.25, 0.3) is 0 Å². The van der Waals surface area contributed by atoms with E-state index in [1.165, 1.54) is 16.8 Å². The fourth-order valence-electron chi connectivity index (χ4n) is 1.42. The van der Waals surface area contributed by atoms with E-state index in [1.807, 2.05) is 0 Å². The molecule has 0 saturated heterocycles. The molecule has 1 aromatic carbocycles. The Hall–Kier alpha value is -2.44. The number of nitrogens with one attached hydrogen (secondary N) is 1. The Morgan fingerprint density at radius 3 is 2.82 bits per heavy atom. The quantitative estimate of drug-likeness (QED) is 0.655. The van der Waals surface area contributed by atoms with Gasteiger partial charge >= 0.3 is 5.69 Å². The summed E-state index contributed by atoms with van der Waals surface area (Å²) in [5.41, 5.74) is -0.508. The van der Waals surface area contributed by atoms with Crippen LogP contribution < -0.4 is 5.32 Å². The highest BCUT2D eigenvalue weighted by Crippen LogP contribution is 2.29. The van der Waals surface area contributed by atoms with Crippen molar-refractivity contribution < 1.29 is 9.31 Å². The number of nitro benzene ring substituents is 1. The van der Waals surface area contributed by atoms with Crippen LogP contribution in [0.15, 0.2) is 30.5 Å². The molecule has 2 rings (SSSR count). The van der Waals surface area contributed by atoms with E-state index in [-0.39, 0.29) is 5.69 Å². The first-order valence-corrected chi connectivity index (χ1v) is 4.77. The van der Waals surface area contributed by atoms with Crippen LogP contribution >= 0.6 is 0 Å². The van der Waals surface area contributed by atoms with Gasteiger partial charge in [0.1, 0.15) is 5.69 Å². The second-order valence-electron chi connectivity index (χ2n) is 3.39. The third-order valence-corrected chi connectivity index (χ3v) is 2.15. The van der Waals surface area contributed by atoms with Crippen LogP contribution in [-0.4, -0.2) is 14.7 Å². The van der Waals surface area contributed by atoms with Crippen LogP contribution in [0, 0.1) is 15.9 Å². The van der Waals surface area contributed by atoms with Crippen LogP contribution in [-0.2, 0) is 7.05 Å². The first-order valence-electron chi connectivity index (χ1n) is 4.77. The van der Waals surface area contributed by atoms with E-state index < -0.39 is 16.4 Å². The second-order valence-corrected chi connectivity index (χ2v) is 3.39. The van der Waals surface area contributed by atoms with Gasteiger partial charge in [0.15, 0.2) is 5.82 Å². The van der Waals surface area contributed by atoms with Crippen molar-refractivity contribution in [2.75, 3.05) is 5.32 Å². The molecule has 0 radical (unpaired) electrons. The normalized spacial score (nSPS) is 10.2. The fourth-order valence-corrected chi connectivity index (χ4v) is 1.42. The SMILES string of the molecule is Cn1ccc(Nc2cccc(F)c2[N+](=O)[O-])n1. The van der Waals surface area contributed by atoms with E-state index in [0.717, 1.165) is 6.07 Å². The van der Waals surface area contributed by atoms with Crippen molar-refractivity contribution in [3.8, 4) is 0 Å². The highest BCUT2D eigenvalue weighted by Gasteiger charge is 2.20. The zero-order valence-corrected chi connectivity index (χ0v) is 8.92. The molecule has 0 amide bonds. The van der Waals surface area contributed by atoms with Gasteiger partial charge in [-0.05, 0) is 12.1 Å². The Balaban J connectivity index is 2.39. The van der Waals surface area contributed by atoms with Crippen molar-refractivity contribution in [1.82, 2.24) is 9.78 Å². The first kappa shape index (κ1) is 11.1. The predicted molar refractivity (Wildman–Crippen MR) is 59.5 cm³/mol. The molecule has 6 nitrogen and oxygen atoms in total. The van der Waals surface area contributed by atoms with Crippen molar-refractivity contribution in [3.05, 3.63) is 46.4 Å². The van der Waals surface area contributed by atoms with E-state index in [1.54, 1.807) is 19.3 Å². The summed E-state index contributed by atoms with van der Waals surface area (Å²) >= 11 is 0. The Morgan fingerprint density at radius 2 is 2.24 bits per heavy atom. The maximum atomic E-state index is 13.3. The number of halogens is 1. The van der Waals surface area contributed by atoms with Crippen LogP contribution in [0.5, 0.6) is 0 Å². The Labute approximate surface area is 95.8 Å². The molecule has 17 heavy (non-hydrogen) atoms. The van der Waals surface area contributed by atoms with Gasteiger partial charge in [0.2, 0.25) is 5.82 Å². The monoisotopic (exact) mass is 236 g/mol. The van der Waals surface area contributed by atoms with E-state index in [2.05, 4.69) is 10.4 Å². The van der Waals surface area contributed by atoms with Crippen LogP contribution in [0.3, 0.4) is 0 Å². The first-order chi connectivity index (χ1) is 8.08. The van der Waals surface area contributed by atoms with Crippen molar-refractivity contribution in [2.45, 2.75) is 0 Å². The Morgan fingerprint density at radius 1 is 1.47 bits per heavy atom. The molecule has 0 bridgehead atoms. The molecular formula is C10H9FN4O2. The number of nitrogens with zero attached hydrogens (tertiary/aromatic N) is 3. The van der Waals surface area contributed by atoms with Crippen LogP contribution in [0.2, 0.25) is 0 Å². The maximum Gasteiger partial charge on any atom is 0.328 e. The number of para-hydroxylation sites is 1. The third-order valence-electron chi connectivity index (χ3n) is 2.15. The zero-order chi connectivity index (χ0) is 12.4. The number of aromatic nitrogens is 2. The Bertz CT molecular complexity index is 567. The topological polar surface area (TPSA) is 73.0 Å². The minimum atomic E-state index is -0.879. The van der Waals surface area contributed by atoms with Gasteiger partial charge in [-0.15, -0.1) is 0 Å². The number of hydrogen-bond acceptors (Lipinski definition) is 4. The average molecular weight is 236 g/mol.